The average molecular weight is 447 g/mol. The van der Waals surface area contributed by atoms with Crippen LogP contribution in [0.1, 0.15) is 30.7 Å². The van der Waals surface area contributed by atoms with E-state index in [9.17, 15) is 4.79 Å². The fourth-order valence-electron chi connectivity index (χ4n) is 3.82. The van der Waals surface area contributed by atoms with Crippen molar-refractivity contribution in [1.29, 1.82) is 0 Å². The molecule has 1 amide bonds. The summed E-state index contributed by atoms with van der Waals surface area (Å²) in [7, 11) is 1.64. The summed E-state index contributed by atoms with van der Waals surface area (Å²) in [5, 5.41) is 7.45. The molecular weight excluding hydrogens is 420 g/mol. The predicted molar refractivity (Wildman–Crippen MR) is 128 cm³/mol. The first kappa shape index (κ1) is 22.2. The van der Waals surface area contributed by atoms with Crippen molar-refractivity contribution in [2.24, 2.45) is 0 Å². The number of hydrogen-bond acceptors (Lipinski definition) is 6. The molecular formula is C26H26N2O5. The highest BCUT2D eigenvalue weighted by Crippen LogP contribution is 2.41. The van der Waals surface area contributed by atoms with Crippen molar-refractivity contribution >= 4 is 28.3 Å². The van der Waals surface area contributed by atoms with Crippen LogP contribution in [-0.2, 0) is 4.79 Å². The summed E-state index contributed by atoms with van der Waals surface area (Å²) in [4.78, 5) is 12.6. The first-order valence-corrected chi connectivity index (χ1v) is 10.7. The highest BCUT2D eigenvalue weighted by atomic mass is 16.5. The summed E-state index contributed by atoms with van der Waals surface area (Å²) in [5.41, 5.74) is 5.10. The monoisotopic (exact) mass is 446 g/mol. The molecule has 0 bridgehead atoms. The molecule has 0 fully saturated rings. The van der Waals surface area contributed by atoms with Gasteiger partial charge >= 0.3 is 0 Å². The second-order valence-corrected chi connectivity index (χ2v) is 7.71. The predicted octanol–water partition coefficient (Wildman–Crippen LogP) is 6.15. The molecule has 1 N–H and O–H groups in total. The van der Waals surface area contributed by atoms with E-state index in [2.05, 4.69) is 10.5 Å². The van der Waals surface area contributed by atoms with Gasteiger partial charge in [-0.05, 0) is 57.0 Å². The molecule has 2 aromatic heterocycles. The summed E-state index contributed by atoms with van der Waals surface area (Å²) in [6.07, 6.45) is 3.27. The molecule has 2 heterocycles. The maximum absolute atomic E-state index is 12.6. The number of carbonyl (C=O) groups excluding carboxylic acids is 1. The lowest BCUT2D eigenvalue weighted by Crippen LogP contribution is -2.09. The van der Waals surface area contributed by atoms with E-state index in [1.54, 1.807) is 26.4 Å². The Hall–Kier alpha value is -4.00. The van der Waals surface area contributed by atoms with Gasteiger partial charge in [-0.1, -0.05) is 17.3 Å². The molecule has 0 atom stereocenters. The number of allylic oxidation sites excluding steroid dienone is 1. The van der Waals surface area contributed by atoms with Gasteiger partial charge in [-0.15, -0.1) is 0 Å². The summed E-state index contributed by atoms with van der Waals surface area (Å²) >= 11 is 0. The molecule has 0 aliphatic rings. The zero-order valence-corrected chi connectivity index (χ0v) is 19.3. The number of anilines is 1. The number of benzene rings is 2. The molecule has 7 heteroatoms. The number of fused-ring (bicyclic) bond motifs is 1. The SMILES string of the molecule is CCOc1c(/C(C)=C/C(=O)Nc2cc(C)on2)cc2c(-c3cccc(OC)c3)coc2c1C. The molecule has 0 unspecified atom stereocenters. The lowest BCUT2D eigenvalue weighted by Gasteiger charge is -2.15. The van der Waals surface area contributed by atoms with E-state index >= 15 is 0 Å². The zero-order valence-electron chi connectivity index (χ0n) is 19.3. The Labute approximate surface area is 192 Å². The van der Waals surface area contributed by atoms with Crippen LogP contribution in [0.25, 0.3) is 27.7 Å². The van der Waals surface area contributed by atoms with Crippen LogP contribution in [0.4, 0.5) is 5.82 Å². The second kappa shape index (κ2) is 9.24. The molecule has 2 aromatic carbocycles. The molecule has 7 nitrogen and oxygen atoms in total. The minimum atomic E-state index is -0.304. The number of furan rings is 1. The van der Waals surface area contributed by atoms with Crippen molar-refractivity contribution in [2.45, 2.75) is 27.7 Å². The molecule has 33 heavy (non-hydrogen) atoms. The minimum Gasteiger partial charge on any atom is -0.497 e. The molecule has 0 spiro atoms. The average Bonchev–Trinajstić information content (AvgIpc) is 3.41. The van der Waals surface area contributed by atoms with Crippen molar-refractivity contribution in [3.8, 4) is 22.6 Å². The third-order valence-corrected chi connectivity index (χ3v) is 5.37. The highest BCUT2D eigenvalue weighted by molar-refractivity contribution is 6.05. The normalized spacial score (nSPS) is 11.6. The summed E-state index contributed by atoms with van der Waals surface area (Å²) in [6, 6.07) is 11.5. The van der Waals surface area contributed by atoms with Crippen LogP contribution in [0.15, 0.2) is 57.7 Å². The number of aromatic nitrogens is 1. The van der Waals surface area contributed by atoms with Gasteiger partial charge in [-0.25, -0.2) is 0 Å². The number of ether oxygens (including phenoxy) is 2. The van der Waals surface area contributed by atoms with Gasteiger partial charge in [-0.3, -0.25) is 4.79 Å². The van der Waals surface area contributed by atoms with E-state index in [-0.39, 0.29) is 5.91 Å². The lowest BCUT2D eigenvalue weighted by atomic mass is 9.96. The van der Waals surface area contributed by atoms with Crippen LogP contribution in [0.2, 0.25) is 0 Å². The van der Waals surface area contributed by atoms with E-state index in [1.165, 1.54) is 6.08 Å². The van der Waals surface area contributed by atoms with Crippen molar-refractivity contribution in [2.75, 3.05) is 19.0 Å². The van der Waals surface area contributed by atoms with Gasteiger partial charge in [0.2, 0.25) is 5.91 Å². The molecule has 0 saturated heterocycles. The maximum Gasteiger partial charge on any atom is 0.249 e. The Morgan fingerprint density at radius 1 is 1.21 bits per heavy atom. The summed E-state index contributed by atoms with van der Waals surface area (Å²) in [6.45, 7) is 8.01. The minimum absolute atomic E-state index is 0.304. The maximum atomic E-state index is 12.6. The number of rotatable bonds is 7. The van der Waals surface area contributed by atoms with E-state index in [0.717, 1.165) is 44.5 Å². The van der Waals surface area contributed by atoms with Gasteiger partial charge in [0.25, 0.3) is 0 Å². The second-order valence-electron chi connectivity index (χ2n) is 7.71. The molecule has 0 radical (unpaired) electrons. The quantitative estimate of drug-likeness (QED) is 0.343. The van der Waals surface area contributed by atoms with Gasteiger partial charge in [0, 0.05) is 34.2 Å². The van der Waals surface area contributed by atoms with E-state index < -0.39 is 0 Å². The Balaban J connectivity index is 1.80. The van der Waals surface area contributed by atoms with E-state index in [0.29, 0.717) is 23.9 Å². The summed E-state index contributed by atoms with van der Waals surface area (Å²) < 4.78 is 22.3. The van der Waals surface area contributed by atoms with E-state index in [4.69, 9.17) is 18.4 Å². The third-order valence-electron chi connectivity index (χ3n) is 5.37. The van der Waals surface area contributed by atoms with Gasteiger partial charge < -0.3 is 23.7 Å². The van der Waals surface area contributed by atoms with Gasteiger partial charge in [-0.2, -0.15) is 0 Å². The topological polar surface area (TPSA) is 86.7 Å². The molecule has 0 saturated carbocycles. The van der Waals surface area contributed by atoms with Gasteiger partial charge in [0.05, 0.1) is 20.0 Å². The van der Waals surface area contributed by atoms with Crippen LogP contribution in [-0.4, -0.2) is 24.8 Å². The highest BCUT2D eigenvalue weighted by Gasteiger charge is 2.19. The van der Waals surface area contributed by atoms with Gasteiger partial charge in [0.15, 0.2) is 5.82 Å². The smallest absolute Gasteiger partial charge is 0.249 e. The first-order chi connectivity index (χ1) is 15.9. The third kappa shape index (κ3) is 4.48. The number of methoxy groups -OCH3 is 1. The van der Waals surface area contributed by atoms with Crippen molar-refractivity contribution in [1.82, 2.24) is 5.16 Å². The standard InChI is InChI=1S/C26H26N2O5/c1-6-31-25-17(4)26-21(22(14-32-26)18-8-7-9-19(12-18)30-5)13-20(25)15(2)10-24(29)27-23-11-16(3)33-28-23/h7-14H,6H2,1-5H3,(H,27,28,29)/b15-10+. The number of nitrogens with one attached hydrogen (secondary N) is 1. The van der Waals surface area contributed by atoms with Crippen LogP contribution in [0, 0.1) is 13.8 Å². The fourth-order valence-corrected chi connectivity index (χ4v) is 3.82. The number of hydrogen-bond donors (Lipinski definition) is 1. The summed E-state index contributed by atoms with van der Waals surface area (Å²) in [5.74, 6) is 2.14. The number of carbonyl (C=O) groups is 1. The molecule has 0 aliphatic carbocycles. The Kier molecular flexibility index (Phi) is 6.22. The van der Waals surface area contributed by atoms with Crippen LogP contribution >= 0.6 is 0 Å². The number of aryl methyl sites for hydroxylation is 2. The van der Waals surface area contributed by atoms with Crippen molar-refractivity contribution in [3.63, 3.8) is 0 Å². The Morgan fingerprint density at radius 2 is 2.03 bits per heavy atom. The first-order valence-electron chi connectivity index (χ1n) is 10.7. The van der Waals surface area contributed by atoms with Crippen molar-refractivity contribution < 1.29 is 23.2 Å². The molecule has 0 aliphatic heterocycles. The molecule has 4 rings (SSSR count). The molecule has 170 valence electrons. The molecule has 4 aromatic rings. The van der Waals surface area contributed by atoms with Crippen LogP contribution in [0.5, 0.6) is 11.5 Å². The zero-order chi connectivity index (χ0) is 23.5. The number of nitrogens with zero attached hydrogens (tertiary/aromatic N) is 1. The Morgan fingerprint density at radius 3 is 2.73 bits per heavy atom. The van der Waals surface area contributed by atoms with E-state index in [1.807, 2.05) is 51.1 Å². The van der Waals surface area contributed by atoms with Gasteiger partial charge in [0.1, 0.15) is 22.8 Å². The van der Waals surface area contributed by atoms with Crippen LogP contribution in [0.3, 0.4) is 0 Å². The number of amides is 1. The lowest BCUT2D eigenvalue weighted by molar-refractivity contribution is -0.111. The largest absolute Gasteiger partial charge is 0.497 e. The van der Waals surface area contributed by atoms with Crippen molar-refractivity contribution in [3.05, 3.63) is 65.6 Å². The van der Waals surface area contributed by atoms with Crippen LogP contribution < -0.4 is 14.8 Å². The Bertz CT molecular complexity index is 1350. The fraction of sp³-hybridized carbons (Fsp3) is 0.231.